The lowest BCUT2D eigenvalue weighted by atomic mass is 9.81. The topological polar surface area (TPSA) is 195 Å². The number of fused-ring (bicyclic) bond motifs is 3. The maximum Gasteiger partial charge on any atom is 0.407 e. The van der Waals surface area contributed by atoms with Crippen LogP contribution in [0.4, 0.5) is 15.0 Å². The Morgan fingerprint density at radius 1 is 0.973 bits per heavy atom. The summed E-state index contributed by atoms with van der Waals surface area (Å²) in [5.74, 6) is 0.0223. The Hall–Kier alpha value is -6.30. The van der Waals surface area contributed by atoms with Gasteiger partial charge in [-0.1, -0.05) is 50.2 Å². The van der Waals surface area contributed by atoms with E-state index >= 15 is 4.39 Å². The highest BCUT2D eigenvalue weighted by atomic mass is 19.1. The second kappa shape index (κ2) is 25.0. The van der Waals surface area contributed by atoms with Gasteiger partial charge >= 0.3 is 12.1 Å². The fourth-order valence-electron chi connectivity index (χ4n) is 11.6. The van der Waals surface area contributed by atoms with Crippen molar-refractivity contribution >= 4 is 51.6 Å². The number of nitrogens with one attached hydrogen (secondary N) is 2. The molecule has 0 aliphatic carbocycles. The zero-order chi connectivity index (χ0) is 53.1. The van der Waals surface area contributed by atoms with E-state index in [0.717, 1.165) is 77.8 Å². The maximum absolute atomic E-state index is 15.2. The van der Waals surface area contributed by atoms with Crippen LogP contribution in [-0.2, 0) is 36.7 Å². The summed E-state index contributed by atoms with van der Waals surface area (Å²) in [6.45, 7) is 11.4. The van der Waals surface area contributed by atoms with Crippen LogP contribution in [0.3, 0.4) is 0 Å². The lowest BCUT2D eigenvalue weighted by molar-refractivity contribution is -0.129. The van der Waals surface area contributed by atoms with Crippen LogP contribution in [0.15, 0.2) is 60.8 Å². The molecule has 17 heteroatoms. The summed E-state index contributed by atoms with van der Waals surface area (Å²) in [6, 6.07) is 17.2. The number of nitrogens with zero attached hydrogens (tertiary/aromatic N) is 5. The van der Waals surface area contributed by atoms with Gasteiger partial charge < -0.3 is 44.4 Å². The number of anilines is 1. The van der Waals surface area contributed by atoms with E-state index in [0.29, 0.717) is 99.8 Å². The summed E-state index contributed by atoms with van der Waals surface area (Å²) in [4.78, 5) is 68.9. The zero-order valence-electron chi connectivity index (χ0n) is 44.3. The molecular formula is C58H74FN7O9. The Kier molecular flexibility index (Phi) is 18.3. The minimum Gasteiger partial charge on any atom is -0.491 e. The molecule has 3 fully saturated rings. The lowest BCUT2D eigenvalue weighted by Gasteiger charge is -2.38. The largest absolute Gasteiger partial charge is 0.491 e. The minimum absolute atomic E-state index is 0.000394. The smallest absolute Gasteiger partial charge is 0.407 e. The number of ether oxygens (including phenoxy) is 4. The van der Waals surface area contributed by atoms with Gasteiger partial charge in [-0.15, -0.1) is 0 Å². The number of aryl methyl sites for hydroxylation is 3. The van der Waals surface area contributed by atoms with Gasteiger partial charge in [0.2, 0.25) is 5.91 Å². The Bertz CT molecular complexity index is 2810. The number of alkyl carbamates (subject to hydrolysis) is 1. The van der Waals surface area contributed by atoms with Gasteiger partial charge in [-0.25, -0.2) is 9.18 Å². The molecule has 0 radical (unpaired) electrons. The third kappa shape index (κ3) is 13.0. The Balaban J connectivity index is 0.813. The number of benzene rings is 3. The standard InChI is InChI=1S/C58H74FN7O9/c1-6-44-48(59)21-17-40-11-8-12-46(51(40)44)52-38(3)53-47(33-62-52)54(65-28-9-24-57(4,71)36-65)64-55(63-53)75-37-58-25-10-29-66(58)42(23-26-58)35-74-56(70)61-27-30-72-31-32-73-43-18-14-39(15-19-43)13-16-41(34-67)45(49(68)7-2)20-22-50(69)60-5/h8,11-12,14-15,17-19,21,33-34,41-42,45,71H,6-7,9-10,13,16,20,22-32,35-37H2,1-5H3,(H,60,69)(H,61,70)/t41?,42-,45?,57+,58-/m0/s1. The number of halogens is 1. The fraction of sp³-hybridized carbons (Fsp3) is 0.534. The summed E-state index contributed by atoms with van der Waals surface area (Å²) in [6.07, 6.45) is 9.81. The molecule has 75 heavy (non-hydrogen) atoms. The SMILES string of the molecule is CCC(=O)C(CCC(=O)NC)C(C=O)CCc1ccc(OCCOCCNC(=O)OC[C@@H]2CC[C@]3(COc4nc(N5CCC[C@@](C)(O)C5)c5cnc(-c6cccc7ccc(F)c(CC)c67)c(C)c5n4)CCCN23)cc1. The first-order chi connectivity index (χ1) is 36.3. The molecule has 0 saturated carbocycles. The second-order valence-corrected chi connectivity index (χ2v) is 20.7. The monoisotopic (exact) mass is 1030 g/mol. The van der Waals surface area contributed by atoms with Gasteiger partial charge in [0, 0.05) is 74.7 Å². The molecular weight excluding hydrogens is 958 g/mol. The summed E-state index contributed by atoms with van der Waals surface area (Å²) >= 11 is 0. The number of ketones is 1. The molecule has 0 bridgehead atoms. The fourth-order valence-corrected chi connectivity index (χ4v) is 11.6. The number of rotatable bonds is 25. The van der Waals surface area contributed by atoms with Crippen molar-refractivity contribution in [1.82, 2.24) is 30.5 Å². The molecule has 2 unspecified atom stereocenters. The van der Waals surface area contributed by atoms with E-state index in [1.54, 1.807) is 20.2 Å². The van der Waals surface area contributed by atoms with E-state index in [2.05, 4.69) is 20.4 Å². The van der Waals surface area contributed by atoms with Crippen LogP contribution in [0.5, 0.6) is 11.8 Å². The van der Waals surface area contributed by atoms with Crippen molar-refractivity contribution < 1.29 is 47.6 Å². The van der Waals surface area contributed by atoms with Gasteiger partial charge in [-0.2, -0.15) is 9.97 Å². The molecule has 8 rings (SSSR count). The number of aldehydes is 1. The predicted molar refractivity (Wildman–Crippen MR) is 286 cm³/mol. The average molecular weight is 1030 g/mol. The number of carbonyl (C=O) groups excluding carboxylic acids is 4. The normalized spacial score (nSPS) is 20.4. The van der Waals surface area contributed by atoms with Crippen molar-refractivity contribution in [3.8, 4) is 23.0 Å². The molecule has 5 atom stereocenters. The molecule has 0 spiro atoms. The van der Waals surface area contributed by atoms with E-state index < -0.39 is 23.5 Å². The molecule has 3 N–H and O–H groups in total. The number of aliphatic hydroxyl groups is 1. The van der Waals surface area contributed by atoms with Crippen LogP contribution in [-0.4, -0.2) is 132 Å². The third-order valence-electron chi connectivity index (χ3n) is 15.6. The van der Waals surface area contributed by atoms with Crippen LogP contribution in [0.2, 0.25) is 0 Å². The van der Waals surface area contributed by atoms with Crippen molar-refractivity contribution in [1.29, 1.82) is 0 Å². The van der Waals surface area contributed by atoms with Crippen molar-refractivity contribution in [3.05, 3.63) is 83.3 Å². The molecule has 2 amide bonds. The van der Waals surface area contributed by atoms with Gasteiger partial charge in [-0.05, 0) is 125 Å². The number of hydrogen-bond donors (Lipinski definition) is 3. The van der Waals surface area contributed by atoms with Gasteiger partial charge in [-0.3, -0.25) is 19.5 Å². The summed E-state index contributed by atoms with van der Waals surface area (Å²) in [5, 5.41) is 19.1. The molecule has 3 aromatic carbocycles. The highest BCUT2D eigenvalue weighted by Crippen LogP contribution is 2.44. The average Bonchev–Trinajstić information content (AvgIpc) is 4.00. The third-order valence-corrected chi connectivity index (χ3v) is 15.6. The molecule has 3 aliphatic rings. The lowest BCUT2D eigenvalue weighted by Crippen LogP contribution is -2.48. The number of amides is 2. The van der Waals surface area contributed by atoms with Gasteiger partial charge in [0.1, 0.15) is 49.3 Å². The predicted octanol–water partition coefficient (Wildman–Crippen LogP) is 8.27. The second-order valence-electron chi connectivity index (χ2n) is 20.7. The number of pyridine rings is 1. The molecule has 2 aromatic heterocycles. The Labute approximate surface area is 439 Å². The van der Waals surface area contributed by atoms with E-state index in [9.17, 15) is 24.3 Å². The number of carbonyl (C=O) groups is 4. The van der Waals surface area contributed by atoms with Crippen LogP contribution in [0.25, 0.3) is 32.9 Å². The number of hydrogen-bond acceptors (Lipinski definition) is 14. The number of β-amino-alcohol motifs (C(OH)–C–C–N with tert-alkyl or cyclic N) is 1. The first-order valence-corrected chi connectivity index (χ1v) is 26.9. The summed E-state index contributed by atoms with van der Waals surface area (Å²) < 4.78 is 39.2. The highest BCUT2D eigenvalue weighted by Gasteiger charge is 2.50. The van der Waals surface area contributed by atoms with Gasteiger partial charge in [0.05, 0.1) is 41.0 Å². The van der Waals surface area contributed by atoms with Crippen molar-refractivity contribution in [3.63, 3.8) is 0 Å². The van der Waals surface area contributed by atoms with E-state index in [1.165, 1.54) is 6.07 Å². The molecule has 5 aromatic rings. The Morgan fingerprint density at radius 2 is 1.79 bits per heavy atom. The first kappa shape index (κ1) is 54.9. The van der Waals surface area contributed by atoms with Crippen LogP contribution in [0, 0.1) is 24.6 Å². The highest BCUT2D eigenvalue weighted by molar-refractivity contribution is 6.02. The molecule has 3 aliphatic heterocycles. The molecule has 16 nitrogen and oxygen atoms in total. The zero-order valence-corrected chi connectivity index (χ0v) is 44.3. The van der Waals surface area contributed by atoms with Crippen molar-refractivity contribution in [2.45, 2.75) is 122 Å². The summed E-state index contributed by atoms with van der Waals surface area (Å²) in [7, 11) is 1.56. The van der Waals surface area contributed by atoms with E-state index in [1.807, 2.05) is 69.3 Å². The quantitative estimate of drug-likeness (QED) is 0.0373. The van der Waals surface area contributed by atoms with Crippen LogP contribution < -0.4 is 25.0 Å². The number of aromatic nitrogens is 3. The summed E-state index contributed by atoms with van der Waals surface area (Å²) in [5.41, 5.74) is 3.58. The molecule has 3 saturated heterocycles. The number of piperidine rings is 1. The Morgan fingerprint density at radius 3 is 2.55 bits per heavy atom. The molecule has 5 heterocycles. The minimum atomic E-state index is -0.889. The van der Waals surface area contributed by atoms with Crippen LogP contribution in [0.1, 0.15) is 102 Å². The van der Waals surface area contributed by atoms with Gasteiger partial charge in [0.15, 0.2) is 0 Å². The van der Waals surface area contributed by atoms with Gasteiger partial charge in [0.25, 0.3) is 0 Å². The van der Waals surface area contributed by atoms with Crippen molar-refractivity contribution in [2.24, 2.45) is 11.8 Å². The van der Waals surface area contributed by atoms with E-state index in [4.69, 9.17) is 33.9 Å². The first-order valence-electron chi connectivity index (χ1n) is 26.9. The van der Waals surface area contributed by atoms with Crippen LogP contribution >= 0.6 is 0 Å². The van der Waals surface area contributed by atoms with Crippen molar-refractivity contribution in [2.75, 3.05) is 71.2 Å². The van der Waals surface area contributed by atoms with E-state index in [-0.39, 0.29) is 61.3 Å². The maximum atomic E-state index is 15.2. The number of Topliss-reactive ketones (excluding diaryl/α,β-unsaturated/α-hetero) is 1. The molecule has 402 valence electrons.